The number of thioether (sulfide) groups is 1. The summed E-state index contributed by atoms with van der Waals surface area (Å²) in [6.45, 7) is 5.68. The smallest absolute Gasteiger partial charge is 0.308 e. The summed E-state index contributed by atoms with van der Waals surface area (Å²) >= 11 is 8.32. The van der Waals surface area contributed by atoms with Crippen molar-refractivity contribution in [1.82, 2.24) is 4.57 Å². The van der Waals surface area contributed by atoms with E-state index in [0.717, 1.165) is 35.7 Å². The fourth-order valence-electron chi connectivity index (χ4n) is 5.81. The Hall–Kier alpha value is -3.86. The van der Waals surface area contributed by atoms with Gasteiger partial charge in [0.15, 0.2) is 0 Å². The highest BCUT2D eigenvalue weighted by molar-refractivity contribution is 8.00. The Morgan fingerprint density at radius 3 is 2.23 bits per heavy atom. The van der Waals surface area contributed by atoms with E-state index in [0.29, 0.717) is 26.3 Å². The van der Waals surface area contributed by atoms with Gasteiger partial charge in [-0.25, -0.2) is 4.90 Å². The Balaban J connectivity index is 1.42. The van der Waals surface area contributed by atoms with Crippen LogP contribution in [-0.2, 0) is 20.9 Å². The first-order valence-electron chi connectivity index (χ1n) is 14.0. The molecule has 1 fully saturated rings. The van der Waals surface area contributed by atoms with Crippen molar-refractivity contribution >= 4 is 69.5 Å². The van der Waals surface area contributed by atoms with Crippen LogP contribution in [0.15, 0.2) is 88.7 Å². The Morgan fingerprint density at radius 2 is 1.58 bits per heavy atom. The number of thiazole rings is 1. The molecule has 3 atom stereocenters. The summed E-state index contributed by atoms with van der Waals surface area (Å²) in [5.41, 5.74) is 2.97. The first-order valence-corrected chi connectivity index (χ1v) is 16.1. The number of amides is 3. The lowest BCUT2D eigenvalue weighted by Crippen LogP contribution is -2.33. The molecule has 8 nitrogen and oxygen atoms in total. The Bertz CT molecular complexity index is 1730. The van der Waals surface area contributed by atoms with E-state index in [1.54, 1.807) is 36.4 Å². The van der Waals surface area contributed by atoms with E-state index < -0.39 is 17.1 Å². The second kappa shape index (κ2) is 12.0. The molecule has 220 valence electrons. The number of fused-ring (bicyclic) bond motifs is 2. The molecule has 1 aromatic heterocycles. The molecule has 0 saturated carbocycles. The lowest BCUT2D eigenvalue weighted by Gasteiger charge is -2.31. The van der Waals surface area contributed by atoms with Crippen LogP contribution in [0.4, 0.5) is 17.1 Å². The number of carbonyl (C=O) groups is 3. The normalized spacial score (nSPS) is 19.2. The molecule has 3 amide bonds. The van der Waals surface area contributed by atoms with E-state index in [1.807, 2.05) is 42.5 Å². The molecule has 1 N–H and O–H groups in total. The summed E-state index contributed by atoms with van der Waals surface area (Å²) in [5.74, 6) is -2.27. The van der Waals surface area contributed by atoms with Crippen molar-refractivity contribution in [2.75, 3.05) is 28.2 Å². The molecule has 0 spiro atoms. The Kier molecular flexibility index (Phi) is 8.17. The highest BCUT2D eigenvalue weighted by Gasteiger charge is 2.56. The van der Waals surface area contributed by atoms with Gasteiger partial charge in [-0.2, -0.15) is 0 Å². The summed E-state index contributed by atoms with van der Waals surface area (Å²) < 4.78 is 1.43. The SMILES string of the molecule is CCN(CC)c1ccc([C@H]2c3sc(=O)n(CC(=O)Nc4ccccc4)c3SC3C(=O)N(c4ccc(Cl)cc4)C(=O)C32)cc1. The van der Waals surface area contributed by atoms with E-state index in [4.69, 9.17) is 11.6 Å². The van der Waals surface area contributed by atoms with Crippen LogP contribution in [0.5, 0.6) is 0 Å². The quantitative estimate of drug-likeness (QED) is 0.245. The minimum Gasteiger partial charge on any atom is -0.372 e. The molecule has 3 heterocycles. The molecule has 0 radical (unpaired) electrons. The summed E-state index contributed by atoms with van der Waals surface area (Å²) in [6, 6.07) is 23.6. The monoisotopic (exact) mass is 632 g/mol. The van der Waals surface area contributed by atoms with Crippen LogP contribution in [0.1, 0.15) is 30.2 Å². The molecule has 6 rings (SSSR count). The second-order valence-electron chi connectivity index (χ2n) is 10.3. The van der Waals surface area contributed by atoms with E-state index in [2.05, 4.69) is 24.1 Å². The lowest BCUT2D eigenvalue weighted by atomic mass is 9.83. The van der Waals surface area contributed by atoms with Crippen LogP contribution in [-0.4, -0.2) is 40.6 Å². The fraction of sp³-hybridized carbons (Fsp3) is 0.250. The van der Waals surface area contributed by atoms with Crippen molar-refractivity contribution in [2.24, 2.45) is 5.92 Å². The largest absolute Gasteiger partial charge is 0.372 e. The van der Waals surface area contributed by atoms with Crippen molar-refractivity contribution in [3.63, 3.8) is 0 Å². The number of hydrogen-bond donors (Lipinski definition) is 1. The van der Waals surface area contributed by atoms with E-state index in [1.165, 1.54) is 21.2 Å². The lowest BCUT2D eigenvalue weighted by molar-refractivity contribution is -0.122. The molecular formula is C32H29ClN4O4S2. The van der Waals surface area contributed by atoms with Gasteiger partial charge in [0.2, 0.25) is 17.7 Å². The van der Waals surface area contributed by atoms with Crippen LogP contribution < -0.4 is 20.0 Å². The molecular weight excluding hydrogens is 604 g/mol. The van der Waals surface area contributed by atoms with Crippen LogP contribution in [0.2, 0.25) is 5.02 Å². The molecule has 2 unspecified atom stereocenters. The van der Waals surface area contributed by atoms with Gasteiger partial charge in [0.25, 0.3) is 0 Å². The summed E-state index contributed by atoms with van der Waals surface area (Å²) in [6.07, 6.45) is 0. The Labute approximate surface area is 262 Å². The molecule has 11 heteroatoms. The summed E-state index contributed by atoms with van der Waals surface area (Å²) in [4.78, 5) is 58.2. The molecule has 0 bridgehead atoms. The van der Waals surface area contributed by atoms with Gasteiger partial charge >= 0.3 is 4.87 Å². The average molecular weight is 633 g/mol. The van der Waals surface area contributed by atoms with Gasteiger partial charge in [0.1, 0.15) is 11.8 Å². The molecule has 2 aliphatic rings. The molecule has 2 aliphatic heterocycles. The van der Waals surface area contributed by atoms with E-state index in [-0.39, 0.29) is 29.1 Å². The van der Waals surface area contributed by atoms with Crippen molar-refractivity contribution in [3.8, 4) is 0 Å². The van der Waals surface area contributed by atoms with Gasteiger partial charge in [-0.1, -0.05) is 65.0 Å². The maximum absolute atomic E-state index is 14.1. The van der Waals surface area contributed by atoms with Crippen LogP contribution in [0.25, 0.3) is 0 Å². The highest BCUT2D eigenvalue weighted by atomic mass is 35.5. The predicted octanol–water partition coefficient (Wildman–Crippen LogP) is 5.84. The molecule has 43 heavy (non-hydrogen) atoms. The number of para-hydroxylation sites is 1. The van der Waals surface area contributed by atoms with Crippen molar-refractivity contribution in [2.45, 2.75) is 36.6 Å². The third-order valence-corrected chi connectivity index (χ3v) is 10.7. The standard InChI is InChI=1S/C32H29ClN4O4S2/c1-3-35(4-2)22-14-10-19(11-15-22)25-26-27(30(40)37(29(26)39)23-16-12-20(33)13-17-23)42-31-28(25)43-32(41)36(31)18-24(38)34-21-8-6-5-7-9-21/h5-17,25-27H,3-4,18H2,1-2H3,(H,34,38)/t25-,26?,27?/m1/s1. The maximum Gasteiger partial charge on any atom is 0.308 e. The first-order chi connectivity index (χ1) is 20.8. The molecule has 4 aromatic rings. The van der Waals surface area contributed by atoms with E-state index >= 15 is 0 Å². The minimum absolute atomic E-state index is 0.208. The van der Waals surface area contributed by atoms with Crippen LogP contribution >= 0.6 is 34.7 Å². The number of carbonyl (C=O) groups excluding carboxylic acids is 3. The van der Waals surface area contributed by atoms with Gasteiger partial charge in [-0.15, -0.1) is 0 Å². The minimum atomic E-state index is -0.763. The van der Waals surface area contributed by atoms with Gasteiger partial charge < -0.3 is 10.2 Å². The molecule has 1 saturated heterocycles. The van der Waals surface area contributed by atoms with Gasteiger partial charge in [0.05, 0.1) is 16.6 Å². The third kappa shape index (κ3) is 5.39. The van der Waals surface area contributed by atoms with Crippen molar-refractivity contribution in [3.05, 3.63) is 104 Å². The zero-order valence-electron chi connectivity index (χ0n) is 23.5. The van der Waals surface area contributed by atoms with Crippen LogP contribution in [0.3, 0.4) is 0 Å². The molecule has 0 aliphatic carbocycles. The highest BCUT2D eigenvalue weighted by Crippen LogP contribution is 2.54. The number of halogens is 1. The number of nitrogens with one attached hydrogen (secondary N) is 1. The number of nitrogens with zero attached hydrogens (tertiary/aromatic N) is 3. The molecule has 3 aromatic carbocycles. The summed E-state index contributed by atoms with van der Waals surface area (Å²) in [5, 5.41) is 3.12. The first kappa shape index (κ1) is 29.2. The number of rotatable bonds is 8. The maximum atomic E-state index is 14.1. The van der Waals surface area contributed by atoms with Crippen molar-refractivity contribution < 1.29 is 14.4 Å². The van der Waals surface area contributed by atoms with Crippen LogP contribution in [0, 0.1) is 5.92 Å². The number of imide groups is 1. The number of hydrogen-bond acceptors (Lipinski definition) is 7. The van der Waals surface area contributed by atoms with Gasteiger partial charge in [-0.3, -0.25) is 23.7 Å². The van der Waals surface area contributed by atoms with E-state index in [9.17, 15) is 19.2 Å². The van der Waals surface area contributed by atoms with Gasteiger partial charge in [0, 0.05) is 40.3 Å². The summed E-state index contributed by atoms with van der Waals surface area (Å²) in [7, 11) is 0. The number of anilines is 3. The Morgan fingerprint density at radius 1 is 0.907 bits per heavy atom. The zero-order valence-corrected chi connectivity index (χ0v) is 25.9. The number of benzene rings is 3. The number of aromatic nitrogens is 1. The fourth-order valence-corrected chi connectivity index (χ4v) is 8.71. The topological polar surface area (TPSA) is 91.7 Å². The predicted molar refractivity (Wildman–Crippen MR) is 173 cm³/mol. The van der Waals surface area contributed by atoms with Crippen molar-refractivity contribution in [1.29, 1.82) is 0 Å². The third-order valence-electron chi connectivity index (χ3n) is 7.87. The van der Waals surface area contributed by atoms with Gasteiger partial charge in [-0.05, 0) is 67.9 Å². The second-order valence-corrected chi connectivity index (χ2v) is 12.9. The average Bonchev–Trinajstić information content (AvgIpc) is 3.45. The zero-order chi connectivity index (χ0) is 30.2.